The van der Waals surface area contributed by atoms with Crippen molar-refractivity contribution in [3.63, 3.8) is 0 Å². The zero-order valence-electron chi connectivity index (χ0n) is 15.3. The Balaban J connectivity index is 1.72. The highest BCUT2D eigenvalue weighted by Gasteiger charge is 2.33. The van der Waals surface area contributed by atoms with E-state index in [9.17, 15) is 0 Å². The number of allylic oxidation sites excluding steroid dienone is 2. The molecule has 1 saturated heterocycles. The maximum absolute atomic E-state index is 5.62. The first-order chi connectivity index (χ1) is 12.6. The second-order valence-corrected chi connectivity index (χ2v) is 7.46. The minimum absolute atomic E-state index is 0.157. The van der Waals surface area contributed by atoms with E-state index >= 15 is 0 Å². The number of methoxy groups -OCH3 is 1. The smallest absolute Gasteiger partial charge is 0.195 e. The van der Waals surface area contributed by atoms with Gasteiger partial charge in [-0.15, -0.1) is 11.3 Å². The first kappa shape index (κ1) is 17.2. The van der Waals surface area contributed by atoms with Gasteiger partial charge >= 0.3 is 0 Å². The fraction of sp³-hybridized carbons (Fsp3) is 0.368. The third-order valence-electron chi connectivity index (χ3n) is 5.10. The van der Waals surface area contributed by atoms with Gasteiger partial charge in [0.25, 0.3) is 0 Å². The molecule has 6 nitrogen and oxygen atoms in total. The Kier molecular flexibility index (Phi) is 4.52. The summed E-state index contributed by atoms with van der Waals surface area (Å²) in [6.07, 6.45) is 4.04. The summed E-state index contributed by atoms with van der Waals surface area (Å²) in [7, 11) is 3.74. The van der Waals surface area contributed by atoms with Crippen molar-refractivity contribution in [3.05, 3.63) is 47.6 Å². The highest BCUT2D eigenvalue weighted by Crippen LogP contribution is 2.40. The van der Waals surface area contributed by atoms with Gasteiger partial charge in [0.2, 0.25) is 0 Å². The molecule has 2 aliphatic heterocycles. The molecule has 2 aromatic rings. The van der Waals surface area contributed by atoms with E-state index in [1.165, 1.54) is 0 Å². The average molecular weight is 369 g/mol. The maximum Gasteiger partial charge on any atom is 0.195 e. The Morgan fingerprint density at radius 1 is 1.35 bits per heavy atom. The summed E-state index contributed by atoms with van der Waals surface area (Å²) in [6, 6.07) is 4.49. The summed E-state index contributed by atoms with van der Waals surface area (Å²) >= 11 is 1.60. The lowest BCUT2D eigenvalue weighted by molar-refractivity contribution is 0.0996. The van der Waals surface area contributed by atoms with Crippen LogP contribution in [0, 0.1) is 0 Å². The number of nitrogens with one attached hydrogen (secondary N) is 1. The summed E-state index contributed by atoms with van der Waals surface area (Å²) in [4.78, 5) is 13.8. The van der Waals surface area contributed by atoms with Crippen molar-refractivity contribution < 1.29 is 4.74 Å². The Hall–Kier alpha value is -2.22. The minimum atomic E-state index is 0.157. The van der Waals surface area contributed by atoms with Crippen LogP contribution >= 0.6 is 11.3 Å². The average Bonchev–Trinajstić information content (AvgIpc) is 3.33. The monoisotopic (exact) mass is 369 g/mol. The summed E-state index contributed by atoms with van der Waals surface area (Å²) in [5, 5.41) is 6.22. The summed E-state index contributed by atoms with van der Waals surface area (Å²) in [5.74, 6) is 1.83. The maximum atomic E-state index is 5.62. The van der Waals surface area contributed by atoms with Crippen LogP contribution in [0.5, 0.6) is 0 Å². The number of likely N-dealkylation sites (N-methyl/N-ethyl adjacent to an activating group) is 1. The van der Waals surface area contributed by atoms with Crippen molar-refractivity contribution in [1.82, 2.24) is 15.3 Å². The van der Waals surface area contributed by atoms with E-state index < -0.39 is 0 Å². The Morgan fingerprint density at radius 2 is 2.19 bits per heavy atom. The number of thiazole rings is 1. The number of hydrogen-bond acceptors (Lipinski definition) is 7. The number of anilines is 3. The largest absolute Gasteiger partial charge is 0.378 e. The molecular weight excluding hydrogens is 346 g/mol. The molecule has 136 valence electrons. The lowest BCUT2D eigenvalue weighted by atomic mass is 9.98. The zero-order valence-corrected chi connectivity index (χ0v) is 16.1. The van der Waals surface area contributed by atoms with E-state index in [1.54, 1.807) is 18.4 Å². The highest BCUT2D eigenvalue weighted by molar-refractivity contribution is 7.13. The van der Waals surface area contributed by atoms with Crippen LogP contribution in [0.1, 0.15) is 12.5 Å². The molecule has 0 aliphatic carbocycles. The molecule has 0 aromatic carbocycles. The predicted molar refractivity (Wildman–Crippen MR) is 107 cm³/mol. The van der Waals surface area contributed by atoms with Gasteiger partial charge in [-0.2, -0.15) is 0 Å². The van der Waals surface area contributed by atoms with Gasteiger partial charge in [-0.05, 0) is 37.3 Å². The van der Waals surface area contributed by atoms with Crippen LogP contribution < -0.4 is 15.1 Å². The summed E-state index contributed by atoms with van der Waals surface area (Å²) < 4.78 is 5.62. The third kappa shape index (κ3) is 2.82. The van der Waals surface area contributed by atoms with E-state index in [-0.39, 0.29) is 6.10 Å². The van der Waals surface area contributed by atoms with Crippen LogP contribution in [-0.4, -0.2) is 49.4 Å². The van der Waals surface area contributed by atoms with Crippen LogP contribution in [0.15, 0.2) is 42.1 Å². The predicted octanol–water partition coefficient (Wildman–Crippen LogP) is 3.03. The molecule has 0 amide bonds. The molecule has 0 bridgehead atoms. The Morgan fingerprint density at radius 3 is 2.85 bits per heavy atom. The van der Waals surface area contributed by atoms with Gasteiger partial charge in [0, 0.05) is 43.5 Å². The molecule has 1 fully saturated rings. The number of pyridine rings is 1. The van der Waals surface area contributed by atoms with Crippen molar-refractivity contribution in [1.29, 1.82) is 0 Å². The normalized spacial score (nSPS) is 22.6. The fourth-order valence-electron chi connectivity index (χ4n) is 3.54. The van der Waals surface area contributed by atoms with Gasteiger partial charge in [-0.25, -0.2) is 9.97 Å². The minimum Gasteiger partial charge on any atom is -0.378 e. The van der Waals surface area contributed by atoms with E-state index in [1.807, 2.05) is 18.6 Å². The number of fused-ring (bicyclic) bond motifs is 1. The quantitative estimate of drug-likeness (QED) is 0.894. The Labute approximate surface area is 157 Å². The molecule has 0 unspecified atom stereocenters. The van der Waals surface area contributed by atoms with Crippen molar-refractivity contribution >= 4 is 33.7 Å². The second kappa shape index (κ2) is 6.83. The molecule has 0 spiro atoms. The molecule has 2 aromatic heterocycles. The zero-order chi connectivity index (χ0) is 18.3. The molecule has 0 radical (unpaired) electrons. The molecule has 7 heteroatoms. The molecular formula is C19H23N5OS. The summed E-state index contributed by atoms with van der Waals surface area (Å²) in [6.45, 7) is 7.99. The molecule has 26 heavy (non-hydrogen) atoms. The molecule has 2 atom stereocenters. The van der Waals surface area contributed by atoms with Crippen LogP contribution in [0.4, 0.5) is 16.8 Å². The topological polar surface area (TPSA) is 53.5 Å². The van der Waals surface area contributed by atoms with Crippen molar-refractivity contribution in [2.75, 3.05) is 37.0 Å². The molecule has 2 aliphatic rings. The van der Waals surface area contributed by atoms with E-state index in [4.69, 9.17) is 9.72 Å². The van der Waals surface area contributed by atoms with Gasteiger partial charge in [0.05, 0.1) is 12.1 Å². The number of nitrogens with zero attached hydrogens (tertiary/aromatic N) is 4. The van der Waals surface area contributed by atoms with Crippen LogP contribution in [0.3, 0.4) is 0 Å². The fourth-order valence-corrected chi connectivity index (χ4v) is 4.15. The van der Waals surface area contributed by atoms with Gasteiger partial charge < -0.3 is 15.0 Å². The number of ether oxygens (including phenoxy) is 1. The lowest BCUT2D eigenvalue weighted by Crippen LogP contribution is -2.37. The second-order valence-electron chi connectivity index (χ2n) is 6.59. The number of rotatable bonds is 4. The first-order valence-corrected chi connectivity index (χ1v) is 9.53. The first-order valence-electron chi connectivity index (χ1n) is 8.65. The highest BCUT2D eigenvalue weighted by atomic mass is 32.1. The molecule has 1 N–H and O–H groups in total. The third-order valence-corrected chi connectivity index (χ3v) is 5.87. The van der Waals surface area contributed by atoms with Gasteiger partial charge in [0.15, 0.2) is 5.13 Å². The van der Waals surface area contributed by atoms with Gasteiger partial charge in [0.1, 0.15) is 11.6 Å². The van der Waals surface area contributed by atoms with E-state index in [0.29, 0.717) is 6.04 Å². The SMILES string of the molecule is C=C1C(C)=CN(c2nccs2)c2nc(N3C[C@H](NC)[C@@H](OC)C3)ccc21. The summed E-state index contributed by atoms with van der Waals surface area (Å²) in [5.41, 5.74) is 3.19. The van der Waals surface area contributed by atoms with Crippen molar-refractivity contribution in [2.24, 2.45) is 0 Å². The van der Waals surface area contributed by atoms with Crippen LogP contribution in [-0.2, 0) is 4.74 Å². The standard InChI is InChI=1S/C19H23N5OS/c1-12-9-24(19-21-7-8-26-19)18-14(13(12)2)5-6-17(22-18)23-10-15(20-3)16(11-23)25-4/h5-9,15-16,20H,2,10-11H2,1,3-4H3/t15-,16-/m0/s1. The van der Waals surface area contributed by atoms with E-state index in [0.717, 1.165) is 46.6 Å². The van der Waals surface area contributed by atoms with Crippen molar-refractivity contribution in [3.8, 4) is 0 Å². The van der Waals surface area contributed by atoms with Crippen LogP contribution in [0.2, 0.25) is 0 Å². The van der Waals surface area contributed by atoms with Crippen molar-refractivity contribution in [2.45, 2.75) is 19.1 Å². The Bertz CT molecular complexity index is 836. The molecule has 0 saturated carbocycles. The molecule has 4 heterocycles. The van der Waals surface area contributed by atoms with Crippen LogP contribution in [0.25, 0.3) is 5.57 Å². The van der Waals surface area contributed by atoms with Gasteiger partial charge in [-0.1, -0.05) is 6.58 Å². The molecule has 4 rings (SSSR count). The lowest BCUT2D eigenvalue weighted by Gasteiger charge is -2.28. The van der Waals surface area contributed by atoms with Gasteiger partial charge in [-0.3, -0.25) is 4.90 Å². The van der Waals surface area contributed by atoms with E-state index in [2.05, 4.69) is 51.9 Å². The number of aromatic nitrogens is 2. The number of hydrogen-bond donors (Lipinski definition) is 1.